The van der Waals surface area contributed by atoms with Crippen LogP contribution in [0.15, 0.2) is 42.5 Å². The largest absolute Gasteiger partial charge is 0.378 e. The third kappa shape index (κ3) is 4.41. The number of amides is 1. The van der Waals surface area contributed by atoms with Gasteiger partial charge in [0.05, 0.1) is 13.2 Å². The first-order valence-corrected chi connectivity index (χ1v) is 12.3. The summed E-state index contributed by atoms with van der Waals surface area (Å²) in [6.45, 7) is 9.34. The van der Waals surface area contributed by atoms with Gasteiger partial charge in [0.2, 0.25) is 5.91 Å². The van der Waals surface area contributed by atoms with Crippen molar-refractivity contribution in [1.29, 1.82) is 0 Å². The monoisotopic (exact) mass is 433 g/mol. The van der Waals surface area contributed by atoms with Crippen molar-refractivity contribution in [3.05, 3.63) is 48.0 Å². The Morgan fingerprint density at radius 1 is 1.03 bits per heavy atom. The zero-order chi connectivity index (χ0) is 21.9. The molecule has 0 radical (unpaired) electrons. The maximum Gasteiger partial charge on any atom is 0.222 e. The quantitative estimate of drug-likeness (QED) is 0.567. The molecule has 3 heterocycles. The van der Waals surface area contributed by atoms with Crippen LogP contribution < -0.4 is 0 Å². The van der Waals surface area contributed by atoms with E-state index in [1.807, 2.05) is 4.90 Å². The van der Waals surface area contributed by atoms with Gasteiger partial charge in [0.15, 0.2) is 0 Å². The first kappa shape index (κ1) is 21.5. The van der Waals surface area contributed by atoms with Gasteiger partial charge in [0, 0.05) is 61.0 Å². The first-order chi connectivity index (χ1) is 15.7. The number of ether oxygens (including phenoxy) is 1. The number of likely N-dealkylation sites (tertiary alicyclic amines) is 1. The van der Waals surface area contributed by atoms with Crippen LogP contribution in [0.2, 0.25) is 0 Å². The van der Waals surface area contributed by atoms with Gasteiger partial charge in [-0.1, -0.05) is 24.3 Å². The number of para-hydroxylation sites is 1. The second kappa shape index (κ2) is 9.63. The molecule has 5 rings (SSSR count). The molecule has 1 amide bonds. The highest BCUT2D eigenvalue weighted by molar-refractivity contribution is 6.08. The van der Waals surface area contributed by atoms with Gasteiger partial charge in [-0.2, -0.15) is 0 Å². The zero-order valence-corrected chi connectivity index (χ0v) is 19.3. The van der Waals surface area contributed by atoms with Crippen LogP contribution in [0.5, 0.6) is 0 Å². The molecule has 0 spiro atoms. The molecule has 2 aliphatic heterocycles. The molecule has 2 saturated heterocycles. The molecule has 2 aliphatic rings. The lowest BCUT2D eigenvalue weighted by atomic mass is 9.92. The normalized spacial score (nSPS) is 20.3. The fourth-order valence-electron chi connectivity index (χ4n) is 5.63. The number of hydrogen-bond acceptors (Lipinski definition) is 3. The standard InChI is InChI=1S/C27H35N3O2/c1-2-30-25-8-4-3-7-23(25)24-18-22(9-11-26(24)30)20-28-13-5-6-21(19-28)10-12-27(31)29-14-16-32-17-15-29/h3-4,7-9,11,18,21H,2,5-6,10,12-17,19-20H2,1H3/t21-/m0/s1. The summed E-state index contributed by atoms with van der Waals surface area (Å²) in [6, 6.07) is 15.8. The number of fused-ring (bicyclic) bond motifs is 3. The summed E-state index contributed by atoms with van der Waals surface area (Å²) >= 11 is 0. The number of morpholine rings is 1. The Hall–Kier alpha value is -2.37. The highest BCUT2D eigenvalue weighted by Gasteiger charge is 2.23. The molecule has 0 N–H and O–H groups in total. The average molecular weight is 434 g/mol. The molecule has 5 nitrogen and oxygen atoms in total. The van der Waals surface area contributed by atoms with Crippen LogP contribution in [0.25, 0.3) is 21.8 Å². The number of hydrogen-bond donors (Lipinski definition) is 0. The molecule has 2 aromatic carbocycles. The first-order valence-electron chi connectivity index (χ1n) is 12.3. The molecule has 5 heteroatoms. The van der Waals surface area contributed by atoms with Gasteiger partial charge in [-0.3, -0.25) is 9.69 Å². The fraction of sp³-hybridized carbons (Fsp3) is 0.519. The van der Waals surface area contributed by atoms with Crippen molar-refractivity contribution in [3.8, 4) is 0 Å². The van der Waals surface area contributed by atoms with Crippen LogP contribution in [0.4, 0.5) is 0 Å². The Labute approximate surface area is 190 Å². The molecule has 0 saturated carbocycles. The minimum Gasteiger partial charge on any atom is -0.378 e. The van der Waals surface area contributed by atoms with Crippen molar-refractivity contribution >= 4 is 27.7 Å². The molecule has 1 aromatic heterocycles. The van der Waals surface area contributed by atoms with E-state index in [1.54, 1.807) is 0 Å². The highest BCUT2D eigenvalue weighted by atomic mass is 16.5. The van der Waals surface area contributed by atoms with Gasteiger partial charge in [-0.05, 0) is 62.4 Å². The number of rotatable bonds is 6. The zero-order valence-electron chi connectivity index (χ0n) is 19.3. The number of aromatic nitrogens is 1. The molecule has 0 unspecified atom stereocenters. The molecular formula is C27H35N3O2. The minimum atomic E-state index is 0.309. The van der Waals surface area contributed by atoms with Gasteiger partial charge in [0.25, 0.3) is 0 Å². The van der Waals surface area contributed by atoms with Crippen LogP contribution in [0.3, 0.4) is 0 Å². The predicted octanol–water partition coefficient (Wildman–Crippen LogP) is 4.67. The summed E-state index contributed by atoms with van der Waals surface area (Å²) in [5.74, 6) is 0.933. The summed E-state index contributed by atoms with van der Waals surface area (Å²) in [5.41, 5.74) is 4.04. The van der Waals surface area contributed by atoms with E-state index in [0.29, 0.717) is 31.5 Å². The lowest BCUT2D eigenvalue weighted by Gasteiger charge is -2.33. The maximum absolute atomic E-state index is 12.5. The molecule has 170 valence electrons. The Kier molecular flexibility index (Phi) is 6.47. The maximum atomic E-state index is 12.5. The minimum absolute atomic E-state index is 0.309. The van der Waals surface area contributed by atoms with Crippen LogP contribution >= 0.6 is 0 Å². The van der Waals surface area contributed by atoms with Crippen molar-refractivity contribution in [2.45, 2.75) is 45.7 Å². The van der Waals surface area contributed by atoms with Crippen molar-refractivity contribution in [2.24, 2.45) is 5.92 Å². The Balaban J connectivity index is 1.24. The molecule has 0 aliphatic carbocycles. The highest BCUT2D eigenvalue weighted by Crippen LogP contribution is 2.30. The Bertz CT molecular complexity index is 1080. The summed E-state index contributed by atoms with van der Waals surface area (Å²) in [5, 5.41) is 2.72. The topological polar surface area (TPSA) is 37.7 Å². The Morgan fingerprint density at radius 2 is 1.84 bits per heavy atom. The van der Waals surface area contributed by atoms with E-state index in [0.717, 1.165) is 45.7 Å². The van der Waals surface area contributed by atoms with Gasteiger partial charge in [-0.15, -0.1) is 0 Å². The second-order valence-corrected chi connectivity index (χ2v) is 9.39. The number of carbonyl (C=O) groups is 1. The van der Waals surface area contributed by atoms with E-state index in [-0.39, 0.29) is 0 Å². The number of carbonyl (C=O) groups excluding carboxylic acids is 1. The van der Waals surface area contributed by atoms with Gasteiger partial charge in [-0.25, -0.2) is 0 Å². The summed E-state index contributed by atoms with van der Waals surface area (Å²) in [7, 11) is 0. The van der Waals surface area contributed by atoms with E-state index in [1.165, 1.54) is 40.2 Å². The molecule has 1 atom stereocenters. The van der Waals surface area contributed by atoms with Gasteiger partial charge in [0.1, 0.15) is 0 Å². The molecule has 2 fully saturated rings. The molecule has 3 aromatic rings. The Morgan fingerprint density at radius 3 is 2.69 bits per heavy atom. The van der Waals surface area contributed by atoms with Gasteiger partial charge >= 0.3 is 0 Å². The van der Waals surface area contributed by atoms with Crippen LogP contribution in [-0.4, -0.2) is 59.7 Å². The number of piperidine rings is 1. The van der Waals surface area contributed by atoms with E-state index >= 15 is 0 Å². The van der Waals surface area contributed by atoms with Crippen LogP contribution in [0.1, 0.15) is 38.2 Å². The number of nitrogens with zero attached hydrogens (tertiary/aromatic N) is 3. The third-order valence-corrected chi connectivity index (χ3v) is 7.29. The molecule has 32 heavy (non-hydrogen) atoms. The van der Waals surface area contributed by atoms with E-state index in [9.17, 15) is 4.79 Å². The van der Waals surface area contributed by atoms with Crippen molar-refractivity contribution in [1.82, 2.24) is 14.4 Å². The summed E-state index contributed by atoms with van der Waals surface area (Å²) in [4.78, 5) is 17.1. The van der Waals surface area contributed by atoms with Crippen molar-refractivity contribution < 1.29 is 9.53 Å². The SMILES string of the molecule is CCn1c2ccccc2c2cc(CN3CCC[C@@H](CCC(=O)N4CCOCC4)C3)ccc21. The van der Waals surface area contributed by atoms with Crippen LogP contribution in [-0.2, 0) is 22.6 Å². The van der Waals surface area contributed by atoms with E-state index < -0.39 is 0 Å². The fourth-order valence-corrected chi connectivity index (χ4v) is 5.63. The lowest BCUT2D eigenvalue weighted by Crippen LogP contribution is -2.41. The lowest BCUT2D eigenvalue weighted by molar-refractivity contribution is -0.135. The summed E-state index contributed by atoms with van der Waals surface area (Å²) in [6.07, 6.45) is 4.17. The second-order valence-electron chi connectivity index (χ2n) is 9.39. The van der Waals surface area contributed by atoms with E-state index in [4.69, 9.17) is 4.74 Å². The number of aryl methyl sites for hydroxylation is 1. The molecular weight excluding hydrogens is 398 g/mol. The van der Waals surface area contributed by atoms with Gasteiger partial charge < -0.3 is 14.2 Å². The average Bonchev–Trinajstić information content (AvgIpc) is 3.16. The smallest absolute Gasteiger partial charge is 0.222 e. The van der Waals surface area contributed by atoms with Crippen molar-refractivity contribution in [3.63, 3.8) is 0 Å². The predicted molar refractivity (Wildman–Crippen MR) is 130 cm³/mol. The van der Waals surface area contributed by atoms with Crippen LogP contribution in [0, 0.1) is 5.92 Å². The third-order valence-electron chi connectivity index (χ3n) is 7.29. The number of benzene rings is 2. The molecule has 0 bridgehead atoms. The van der Waals surface area contributed by atoms with Crippen molar-refractivity contribution in [2.75, 3.05) is 39.4 Å². The summed E-state index contributed by atoms with van der Waals surface area (Å²) < 4.78 is 7.78. The van der Waals surface area contributed by atoms with E-state index in [2.05, 4.69) is 58.9 Å².